The highest BCUT2D eigenvalue weighted by atomic mass is 16.6. The fraction of sp³-hybridized carbons (Fsp3) is 0.929. The standard InChI is InChI=1S/C14H26O3/c1-11(15)16-9-10-17-13-7-5-12(6-8-13)14(2,3)4/h12-13H,5-10H2,1-4H3. The van der Waals surface area contributed by atoms with Crippen molar-refractivity contribution >= 4 is 5.97 Å². The van der Waals surface area contributed by atoms with E-state index >= 15 is 0 Å². The molecule has 0 radical (unpaired) electrons. The smallest absolute Gasteiger partial charge is 0.302 e. The number of hydrogen-bond acceptors (Lipinski definition) is 3. The van der Waals surface area contributed by atoms with Crippen LogP contribution in [0, 0.1) is 11.3 Å². The number of carbonyl (C=O) groups is 1. The molecule has 0 atom stereocenters. The highest BCUT2D eigenvalue weighted by molar-refractivity contribution is 5.65. The van der Waals surface area contributed by atoms with E-state index in [-0.39, 0.29) is 5.97 Å². The molecule has 0 amide bonds. The molecule has 1 saturated carbocycles. The van der Waals surface area contributed by atoms with Crippen LogP contribution < -0.4 is 0 Å². The van der Waals surface area contributed by atoms with Gasteiger partial charge in [-0.15, -0.1) is 0 Å². The van der Waals surface area contributed by atoms with Crippen LogP contribution in [0.5, 0.6) is 0 Å². The van der Waals surface area contributed by atoms with Crippen molar-refractivity contribution in [3.63, 3.8) is 0 Å². The fourth-order valence-electron chi connectivity index (χ4n) is 2.50. The highest BCUT2D eigenvalue weighted by Gasteiger charge is 2.29. The lowest BCUT2D eigenvalue weighted by Gasteiger charge is -2.36. The minimum atomic E-state index is -0.231. The van der Waals surface area contributed by atoms with E-state index in [4.69, 9.17) is 9.47 Å². The van der Waals surface area contributed by atoms with E-state index in [1.54, 1.807) is 0 Å². The van der Waals surface area contributed by atoms with Crippen LogP contribution in [0.25, 0.3) is 0 Å². The number of rotatable bonds is 4. The van der Waals surface area contributed by atoms with Crippen LogP contribution in [-0.4, -0.2) is 25.3 Å². The van der Waals surface area contributed by atoms with Crippen molar-refractivity contribution in [1.29, 1.82) is 0 Å². The number of hydrogen-bond donors (Lipinski definition) is 0. The summed E-state index contributed by atoms with van der Waals surface area (Å²) in [7, 11) is 0. The first-order chi connectivity index (χ1) is 7.89. The second kappa shape index (κ2) is 6.39. The second-order valence-corrected chi connectivity index (χ2v) is 6.05. The molecule has 0 saturated heterocycles. The van der Waals surface area contributed by atoms with Crippen molar-refractivity contribution in [2.75, 3.05) is 13.2 Å². The highest BCUT2D eigenvalue weighted by Crippen LogP contribution is 2.38. The number of esters is 1. The Morgan fingerprint density at radius 2 is 1.71 bits per heavy atom. The third-order valence-corrected chi connectivity index (χ3v) is 3.64. The van der Waals surface area contributed by atoms with E-state index in [2.05, 4.69) is 20.8 Å². The molecule has 0 aromatic carbocycles. The molecule has 17 heavy (non-hydrogen) atoms. The maximum Gasteiger partial charge on any atom is 0.302 e. The van der Waals surface area contributed by atoms with E-state index in [0.29, 0.717) is 24.7 Å². The molecule has 1 rings (SSSR count). The zero-order chi connectivity index (χ0) is 12.9. The van der Waals surface area contributed by atoms with Gasteiger partial charge in [0.15, 0.2) is 0 Å². The molecule has 3 heteroatoms. The summed E-state index contributed by atoms with van der Waals surface area (Å²) in [6, 6.07) is 0. The molecule has 0 aliphatic heterocycles. The summed E-state index contributed by atoms with van der Waals surface area (Å²) in [4.78, 5) is 10.6. The topological polar surface area (TPSA) is 35.5 Å². The molecule has 0 aromatic heterocycles. The van der Waals surface area contributed by atoms with Crippen LogP contribution in [-0.2, 0) is 14.3 Å². The molecule has 0 bridgehead atoms. The monoisotopic (exact) mass is 242 g/mol. The van der Waals surface area contributed by atoms with Crippen LogP contribution in [0.15, 0.2) is 0 Å². The average molecular weight is 242 g/mol. The Hall–Kier alpha value is -0.570. The number of ether oxygens (including phenoxy) is 2. The van der Waals surface area contributed by atoms with Gasteiger partial charge >= 0.3 is 5.97 Å². The van der Waals surface area contributed by atoms with Crippen LogP contribution >= 0.6 is 0 Å². The lowest BCUT2D eigenvalue weighted by molar-refractivity contribution is -0.143. The predicted octanol–water partition coefficient (Wildman–Crippen LogP) is 3.17. The summed E-state index contributed by atoms with van der Waals surface area (Å²) in [5.74, 6) is 0.584. The van der Waals surface area contributed by atoms with Crippen LogP contribution in [0.4, 0.5) is 0 Å². The SMILES string of the molecule is CC(=O)OCCOC1CCC(C(C)(C)C)CC1. The lowest BCUT2D eigenvalue weighted by Crippen LogP contribution is -2.29. The summed E-state index contributed by atoms with van der Waals surface area (Å²) in [5.41, 5.74) is 0.419. The van der Waals surface area contributed by atoms with Gasteiger partial charge in [0.1, 0.15) is 6.61 Å². The summed E-state index contributed by atoms with van der Waals surface area (Å²) < 4.78 is 10.6. The minimum Gasteiger partial charge on any atom is -0.463 e. The predicted molar refractivity (Wildman–Crippen MR) is 67.8 cm³/mol. The third-order valence-electron chi connectivity index (χ3n) is 3.64. The Bertz CT molecular complexity index is 234. The molecule has 1 fully saturated rings. The van der Waals surface area contributed by atoms with Gasteiger partial charge in [0.25, 0.3) is 0 Å². The molecule has 0 spiro atoms. The lowest BCUT2D eigenvalue weighted by atomic mass is 9.72. The van der Waals surface area contributed by atoms with E-state index in [9.17, 15) is 4.79 Å². The van der Waals surface area contributed by atoms with Crippen molar-refractivity contribution in [3.05, 3.63) is 0 Å². The van der Waals surface area contributed by atoms with Gasteiger partial charge < -0.3 is 9.47 Å². The van der Waals surface area contributed by atoms with Crippen molar-refractivity contribution in [2.45, 2.75) is 59.5 Å². The Labute approximate surface area is 105 Å². The van der Waals surface area contributed by atoms with E-state index in [1.165, 1.54) is 19.8 Å². The number of carbonyl (C=O) groups excluding carboxylic acids is 1. The molecular formula is C14H26O3. The molecular weight excluding hydrogens is 216 g/mol. The van der Waals surface area contributed by atoms with Gasteiger partial charge in [0.2, 0.25) is 0 Å². The summed E-state index contributed by atoms with van der Waals surface area (Å²) in [6.45, 7) is 9.30. The second-order valence-electron chi connectivity index (χ2n) is 6.05. The van der Waals surface area contributed by atoms with Gasteiger partial charge in [-0.05, 0) is 37.0 Å². The maximum absolute atomic E-state index is 10.6. The van der Waals surface area contributed by atoms with Crippen molar-refractivity contribution < 1.29 is 14.3 Å². The van der Waals surface area contributed by atoms with Crippen molar-refractivity contribution in [2.24, 2.45) is 11.3 Å². The molecule has 3 nitrogen and oxygen atoms in total. The normalized spacial score (nSPS) is 25.6. The molecule has 1 aliphatic rings. The van der Waals surface area contributed by atoms with Crippen molar-refractivity contribution in [1.82, 2.24) is 0 Å². The maximum atomic E-state index is 10.6. The summed E-state index contributed by atoms with van der Waals surface area (Å²) >= 11 is 0. The molecule has 0 heterocycles. The van der Waals surface area contributed by atoms with Crippen LogP contribution in [0.2, 0.25) is 0 Å². The molecule has 0 N–H and O–H groups in total. The largest absolute Gasteiger partial charge is 0.463 e. The first-order valence-electron chi connectivity index (χ1n) is 6.64. The quantitative estimate of drug-likeness (QED) is 0.561. The third kappa shape index (κ3) is 5.53. The van der Waals surface area contributed by atoms with Gasteiger partial charge in [0.05, 0.1) is 12.7 Å². The average Bonchev–Trinajstić information content (AvgIpc) is 2.23. The molecule has 1 aliphatic carbocycles. The Balaban J connectivity index is 2.13. The van der Waals surface area contributed by atoms with Crippen LogP contribution in [0.3, 0.4) is 0 Å². The van der Waals surface area contributed by atoms with Crippen molar-refractivity contribution in [3.8, 4) is 0 Å². The van der Waals surface area contributed by atoms with Gasteiger partial charge in [-0.1, -0.05) is 20.8 Å². The molecule has 0 aromatic rings. The first-order valence-corrected chi connectivity index (χ1v) is 6.64. The zero-order valence-corrected chi connectivity index (χ0v) is 11.6. The Kier molecular flexibility index (Phi) is 5.44. The first kappa shape index (κ1) is 14.5. The summed E-state index contributed by atoms with van der Waals surface area (Å²) in [5, 5.41) is 0. The summed E-state index contributed by atoms with van der Waals surface area (Å²) in [6.07, 6.45) is 5.15. The molecule has 100 valence electrons. The van der Waals surface area contributed by atoms with Gasteiger partial charge in [-0.3, -0.25) is 4.79 Å². The van der Waals surface area contributed by atoms with E-state index in [1.807, 2.05) is 0 Å². The van der Waals surface area contributed by atoms with Gasteiger partial charge in [-0.25, -0.2) is 0 Å². The zero-order valence-electron chi connectivity index (χ0n) is 11.6. The van der Waals surface area contributed by atoms with Gasteiger partial charge in [0, 0.05) is 6.92 Å². The minimum absolute atomic E-state index is 0.231. The fourth-order valence-corrected chi connectivity index (χ4v) is 2.50. The van der Waals surface area contributed by atoms with Crippen LogP contribution in [0.1, 0.15) is 53.4 Å². The van der Waals surface area contributed by atoms with Gasteiger partial charge in [-0.2, -0.15) is 0 Å². The molecule has 0 unspecified atom stereocenters. The Morgan fingerprint density at radius 1 is 1.12 bits per heavy atom. The Morgan fingerprint density at radius 3 is 2.18 bits per heavy atom. The van der Waals surface area contributed by atoms with E-state index < -0.39 is 0 Å². The van der Waals surface area contributed by atoms with E-state index in [0.717, 1.165) is 18.8 Å².